The van der Waals surface area contributed by atoms with Crippen LogP contribution in [-0.2, 0) is 11.3 Å². The van der Waals surface area contributed by atoms with Crippen LogP contribution in [0.25, 0.3) is 21.9 Å². The van der Waals surface area contributed by atoms with Crippen LogP contribution >= 0.6 is 11.6 Å². The van der Waals surface area contributed by atoms with E-state index in [0.29, 0.717) is 38.1 Å². The molecular weight excluding hydrogens is 382 g/mol. The van der Waals surface area contributed by atoms with E-state index in [1.165, 1.54) is 23.9 Å². The quantitative estimate of drug-likeness (QED) is 0.538. The largest absolute Gasteiger partial charge is 0.423 e. The molecule has 0 unspecified atom stereocenters. The van der Waals surface area contributed by atoms with Gasteiger partial charge in [-0.05, 0) is 35.9 Å². The lowest BCUT2D eigenvalue weighted by Gasteiger charge is -2.10. The molecule has 0 aliphatic rings. The molecule has 1 amide bonds. The van der Waals surface area contributed by atoms with Crippen molar-refractivity contribution in [3.8, 4) is 0 Å². The third-order valence-corrected chi connectivity index (χ3v) is 4.51. The summed E-state index contributed by atoms with van der Waals surface area (Å²) in [4.78, 5) is 40.3. The summed E-state index contributed by atoms with van der Waals surface area (Å²) in [5.74, 6) is -0.231. The van der Waals surface area contributed by atoms with Gasteiger partial charge >= 0.3 is 5.63 Å². The third kappa shape index (κ3) is 3.39. The van der Waals surface area contributed by atoms with Crippen molar-refractivity contribution < 1.29 is 9.21 Å². The van der Waals surface area contributed by atoms with E-state index in [2.05, 4.69) is 10.3 Å². The highest BCUT2D eigenvalue weighted by Gasteiger charge is 2.11. The van der Waals surface area contributed by atoms with Crippen molar-refractivity contribution in [2.75, 3.05) is 5.32 Å². The van der Waals surface area contributed by atoms with Crippen LogP contribution < -0.4 is 16.5 Å². The number of anilines is 1. The van der Waals surface area contributed by atoms with Gasteiger partial charge in [0.15, 0.2) is 0 Å². The number of hydrogen-bond acceptors (Lipinski definition) is 5. The molecule has 0 saturated carbocycles. The second kappa shape index (κ2) is 6.94. The van der Waals surface area contributed by atoms with E-state index >= 15 is 0 Å². The molecule has 0 bridgehead atoms. The molecule has 0 atom stereocenters. The number of hydrogen-bond donors (Lipinski definition) is 1. The van der Waals surface area contributed by atoms with Gasteiger partial charge in [0.25, 0.3) is 5.56 Å². The molecule has 0 aliphatic heterocycles. The van der Waals surface area contributed by atoms with Gasteiger partial charge in [0, 0.05) is 35.2 Å². The second-order valence-corrected chi connectivity index (χ2v) is 6.76. The standard InChI is InChI=1S/C20H14ClN3O4/c1-11(25)23-14-3-4-15-12(6-19(26)28-18(15)8-14)9-24-10-22-17-5-2-13(21)7-16(17)20(24)27/h2-8,10H,9H2,1H3,(H,23,25). The summed E-state index contributed by atoms with van der Waals surface area (Å²) in [5, 5.41) is 4.14. The van der Waals surface area contributed by atoms with E-state index in [9.17, 15) is 14.4 Å². The molecule has 0 aliphatic carbocycles. The van der Waals surface area contributed by atoms with Crippen LogP contribution in [0.4, 0.5) is 5.69 Å². The third-order valence-electron chi connectivity index (χ3n) is 4.28. The Hall–Kier alpha value is -3.45. The highest BCUT2D eigenvalue weighted by Crippen LogP contribution is 2.22. The van der Waals surface area contributed by atoms with Crippen LogP contribution in [0.15, 0.2) is 62.8 Å². The Morgan fingerprint density at radius 2 is 1.96 bits per heavy atom. The first kappa shape index (κ1) is 17.9. The molecule has 1 N–H and O–H groups in total. The minimum Gasteiger partial charge on any atom is -0.423 e. The Morgan fingerprint density at radius 3 is 2.75 bits per heavy atom. The predicted octanol–water partition coefficient (Wildman–Crippen LogP) is 3.16. The minimum atomic E-state index is -0.549. The zero-order valence-electron chi connectivity index (χ0n) is 14.7. The summed E-state index contributed by atoms with van der Waals surface area (Å²) in [6.07, 6.45) is 1.44. The number of fused-ring (bicyclic) bond motifs is 2. The first-order chi connectivity index (χ1) is 13.4. The number of nitrogens with zero attached hydrogens (tertiary/aromatic N) is 2. The van der Waals surface area contributed by atoms with E-state index in [-0.39, 0.29) is 18.0 Å². The summed E-state index contributed by atoms with van der Waals surface area (Å²) < 4.78 is 6.66. The molecule has 0 spiro atoms. The van der Waals surface area contributed by atoms with Gasteiger partial charge in [-0.3, -0.25) is 14.2 Å². The van der Waals surface area contributed by atoms with Crippen molar-refractivity contribution in [3.05, 3.63) is 80.2 Å². The molecule has 140 valence electrons. The number of nitrogens with one attached hydrogen (secondary N) is 1. The molecule has 2 aromatic heterocycles. The van der Waals surface area contributed by atoms with Crippen LogP contribution in [0.5, 0.6) is 0 Å². The summed E-state index contributed by atoms with van der Waals surface area (Å²) in [5.41, 5.74) is 1.17. The second-order valence-electron chi connectivity index (χ2n) is 6.32. The topological polar surface area (TPSA) is 94.2 Å². The summed E-state index contributed by atoms with van der Waals surface area (Å²) in [7, 11) is 0. The van der Waals surface area contributed by atoms with Crippen molar-refractivity contribution in [1.82, 2.24) is 9.55 Å². The molecule has 0 fully saturated rings. The maximum atomic E-state index is 12.8. The summed E-state index contributed by atoms with van der Waals surface area (Å²) in [6, 6.07) is 11.3. The van der Waals surface area contributed by atoms with Gasteiger partial charge in [0.05, 0.1) is 23.8 Å². The Balaban J connectivity index is 1.82. The molecule has 4 aromatic rings. The average molecular weight is 396 g/mol. The lowest BCUT2D eigenvalue weighted by molar-refractivity contribution is -0.114. The zero-order valence-corrected chi connectivity index (χ0v) is 15.5. The number of benzene rings is 2. The number of carbonyl (C=O) groups is 1. The lowest BCUT2D eigenvalue weighted by atomic mass is 10.1. The molecule has 7 nitrogen and oxygen atoms in total. The monoisotopic (exact) mass is 395 g/mol. The van der Waals surface area contributed by atoms with Crippen molar-refractivity contribution in [3.63, 3.8) is 0 Å². The minimum absolute atomic E-state index is 0.135. The highest BCUT2D eigenvalue weighted by atomic mass is 35.5. The molecule has 8 heteroatoms. The lowest BCUT2D eigenvalue weighted by Crippen LogP contribution is -2.21. The fourth-order valence-corrected chi connectivity index (χ4v) is 3.24. The predicted molar refractivity (Wildman–Crippen MR) is 107 cm³/mol. The van der Waals surface area contributed by atoms with Crippen LogP contribution in [0.1, 0.15) is 12.5 Å². The Morgan fingerprint density at radius 1 is 1.14 bits per heavy atom. The van der Waals surface area contributed by atoms with Crippen LogP contribution in [0.2, 0.25) is 5.02 Å². The maximum Gasteiger partial charge on any atom is 0.336 e. The van der Waals surface area contributed by atoms with Crippen LogP contribution in [0, 0.1) is 0 Å². The number of rotatable bonds is 3. The van der Waals surface area contributed by atoms with E-state index in [0.717, 1.165) is 0 Å². The molecule has 2 aromatic carbocycles. The molecule has 0 saturated heterocycles. The van der Waals surface area contributed by atoms with Crippen molar-refractivity contribution in [2.45, 2.75) is 13.5 Å². The van der Waals surface area contributed by atoms with Gasteiger partial charge < -0.3 is 9.73 Å². The first-order valence-corrected chi connectivity index (χ1v) is 8.77. The van der Waals surface area contributed by atoms with E-state index in [1.54, 1.807) is 36.4 Å². The van der Waals surface area contributed by atoms with Gasteiger partial charge in [0.1, 0.15) is 5.58 Å². The van der Waals surface area contributed by atoms with E-state index in [1.807, 2.05) is 0 Å². The number of halogens is 1. The van der Waals surface area contributed by atoms with Gasteiger partial charge in [-0.25, -0.2) is 9.78 Å². The van der Waals surface area contributed by atoms with Crippen molar-refractivity contribution >= 4 is 45.1 Å². The van der Waals surface area contributed by atoms with Gasteiger partial charge in [-0.1, -0.05) is 11.6 Å². The Labute approximate surface area is 163 Å². The average Bonchev–Trinajstić information content (AvgIpc) is 2.63. The molecule has 0 radical (unpaired) electrons. The molecule has 28 heavy (non-hydrogen) atoms. The number of aromatic nitrogens is 2. The fourth-order valence-electron chi connectivity index (χ4n) is 3.07. The fraction of sp³-hybridized carbons (Fsp3) is 0.100. The van der Waals surface area contributed by atoms with E-state index < -0.39 is 5.63 Å². The van der Waals surface area contributed by atoms with E-state index in [4.69, 9.17) is 16.0 Å². The SMILES string of the molecule is CC(=O)Nc1ccc2c(Cn3cnc4ccc(Cl)cc4c3=O)cc(=O)oc2c1. The Kier molecular flexibility index (Phi) is 4.44. The van der Waals surface area contributed by atoms with Gasteiger partial charge in [0.2, 0.25) is 5.91 Å². The van der Waals surface area contributed by atoms with Crippen LogP contribution in [0.3, 0.4) is 0 Å². The van der Waals surface area contributed by atoms with Crippen molar-refractivity contribution in [2.24, 2.45) is 0 Å². The molecular formula is C20H14ClN3O4. The summed E-state index contributed by atoms with van der Waals surface area (Å²) >= 11 is 5.99. The maximum absolute atomic E-state index is 12.8. The van der Waals surface area contributed by atoms with Crippen LogP contribution in [-0.4, -0.2) is 15.5 Å². The van der Waals surface area contributed by atoms with Gasteiger partial charge in [-0.2, -0.15) is 0 Å². The number of amides is 1. The molecule has 2 heterocycles. The number of carbonyl (C=O) groups excluding carboxylic acids is 1. The normalized spacial score (nSPS) is 11.1. The van der Waals surface area contributed by atoms with Crippen molar-refractivity contribution in [1.29, 1.82) is 0 Å². The smallest absolute Gasteiger partial charge is 0.336 e. The molecule has 4 rings (SSSR count). The Bertz CT molecular complexity index is 1360. The first-order valence-electron chi connectivity index (χ1n) is 8.40. The summed E-state index contributed by atoms with van der Waals surface area (Å²) in [6.45, 7) is 1.53. The zero-order chi connectivity index (χ0) is 19.8. The van der Waals surface area contributed by atoms with Gasteiger partial charge in [-0.15, -0.1) is 0 Å². The highest BCUT2D eigenvalue weighted by molar-refractivity contribution is 6.31.